The molecule has 0 aliphatic carbocycles. The highest BCUT2D eigenvalue weighted by molar-refractivity contribution is 5.66. The second-order valence-electron chi connectivity index (χ2n) is 5.16. The summed E-state index contributed by atoms with van der Waals surface area (Å²) in [5.41, 5.74) is 1.29. The molecule has 0 radical (unpaired) electrons. The Morgan fingerprint density at radius 2 is 2.11 bits per heavy atom. The monoisotopic (exact) mass is 262 g/mol. The van der Waals surface area contributed by atoms with E-state index >= 15 is 0 Å². The van der Waals surface area contributed by atoms with Crippen LogP contribution in [0.2, 0.25) is 0 Å². The van der Waals surface area contributed by atoms with Gasteiger partial charge in [-0.15, -0.1) is 10.2 Å². The molecule has 0 aromatic carbocycles. The van der Waals surface area contributed by atoms with Crippen LogP contribution in [-0.4, -0.2) is 50.9 Å². The summed E-state index contributed by atoms with van der Waals surface area (Å²) in [5, 5.41) is 14.2. The smallest absolute Gasteiger partial charge is 0.265 e. The molecule has 3 rings (SSSR count). The Hall–Kier alpha value is -1.89. The first-order valence-corrected chi connectivity index (χ1v) is 6.53. The molecule has 0 atom stereocenters. The molecule has 2 aromatic rings. The number of H-pyrrole nitrogens is 1. The summed E-state index contributed by atoms with van der Waals surface area (Å²) in [6.45, 7) is 3.96. The van der Waals surface area contributed by atoms with Crippen molar-refractivity contribution in [3.8, 4) is 0 Å². The molecule has 7 heteroatoms. The second kappa shape index (κ2) is 4.65. The minimum Gasteiger partial charge on any atom is -0.379 e. The topological polar surface area (TPSA) is 78.3 Å². The molecule has 7 nitrogen and oxygen atoms in total. The van der Waals surface area contributed by atoms with Gasteiger partial charge in [-0.3, -0.25) is 9.89 Å². The van der Waals surface area contributed by atoms with Crippen LogP contribution in [0.3, 0.4) is 0 Å². The molecule has 2 N–H and O–H groups in total. The second-order valence-corrected chi connectivity index (χ2v) is 5.16. The van der Waals surface area contributed by atoms with Crippen molar-refractivity contribution in [2.24, 2.45) is 0 Å². The maximum atomic E-state index is 11.7. The zero-order valence-corrected chi connectivity index (χ0v) is 11.2. The molecule has 102 valence electrons. The first-order chi connectivity index (χ1) is 9.13. The Balaban J connectivity index is 1.90. The van der Waals surface area contributed by atoms with Gasteiger partial charge in [0.05, 0.1) is 5.69 Å². The fourth-order valence-corrected chi connectivity index (χ4v) is 2.49. The Bertz CT molecular complexity index is 637. The highest BCUT2D eigenvalue weighted by atomic mass is 16.1. The van der Waals surface area contributed by atoms with Gasteiger partial charge in [0, 0.05) is 12.1 Å². The van der Waals surface area contributed by atoms with Gasteiger partial charge in [0.1, 0.15) is 5.82 Å². The van der Waals surface area contributed by atoms with E-state index in [2.05, 4.69) is 32.6 Å². The summed E-state index contributed by atoms with van der Waals surface area (Å²) < 4.78 is 1.62. The predicted molar refractivity (Wildman–Crippen MR) is 72.5 cm³/mol. The summed E-state index contributed by atoms with van der Waals surface area (Å²) in [6, 6.07) is 1.95. The number of likely N-dealkylation sites (tertiary alicyclic amines) is 1. The average Bonchev–Trinajstić information content (AvgIpc) is 2.74. The zero-order chi connectivity index (χ0) is 13.4. The van der Waals surface area contributed by atoms with Crippen molar-refractivity contribution in [3.63, 3.8) is 0 Å². The van der Waals surface area contributed by atoms with Crippen molar-refractivity contribution >= 4 is 11.3 Å². The number of piperidine rings is 1. The van der Waals surface area contributed by atoms with Gasteiger partial charge in [0.2, 0.25) is 0 Å². The van der Waals surface area contributed by atoms with Crippen LogP contribution in [-0.2, 0) is 0 Å². The van der Waals surface area contributed by atoms with Gasteiger partial charge >= 0.3 is 0 Å². The number of aromatic amines is 1. The van der Waals surface area contributed by atoms with E-state index in [4.69, 9.17) is 0 Å². The number of aromatic nitrogens is 4. The van der Waals surface area contributed by atoms with Crippen molar-refractivity contribution in [1.29, 1.82) is 0 Å². The van der Waals surface area contributed by atoms with E-state index in [0.29, 0.717) is 17.5 Å². The van der Waals surface area contributed by atoms with Crippen molar-refractivity contribution in [2.75, 3.05) is 25.5 Å². The normalized spacial score (nSPS) is 18.0. The maximum Gasteiger partial charge on any atom is 0.265 e. The summed E-state index contributed by atoms with van der Waals surface area (Å²) in [6.07, 6.45) is 2.14. The fraction of sp³-hybridized carbons (Fsp3) is 0.583. The number of hydrogen-bond acceptors (Lipinski definition) is 5. The number of nitrogens with one attached hydrogen (secondary N) is 2. The van der Waals surface area contributed by atoms with Crippen molar-refractivity contribution in [3.05, 3.63) is 22.2 Å². The van der Waals surface area contributed by atoms with Crippen LogP contribution >= 0.6 is 0 Å². The molecule has 0 bridgehead atoms. The van der Waals surface area contributed by atoms with Gasteiger partial charge in [0.25, 0.3) is 5.56 Å². The molecule has 0 spiro atoms. The van der Waals surface area contributed by atoms with E-state index in [0.717, 1.165) is 31.6 Å². The standard InChI is InChI=1S/C12H18N6O/c1-8-14-15-12-10(7-11(19)16-18(8)12)13-9-3-5-17(2)6-4-9/h7,9,13H,3-6H2,1-2H3,(H,16,19). The molecule has 1 aliphatic rings. The Kier molecular flexibility index (Phi) is 2.98. The lowest BCUT2D eigenvalue weighted by Gasteiger charge is -2.30. The Morgan fingerprint density at radius 1 is 1.37 bits per heavy atom. The Morgan fingerprint density at radius 3 is 2.84 bits per heavy atom. The molecular weight excluding hydrogens is 244 g/mol. The number of hydrogen-bond donors (Lipinski definition) is 2. The van der Waals surface area contributed by atoms with E-state index in [1.165, 1.54) is 0 Å². The molecule has 0 saturated carbocycles. The third-order valence-corrected chi connectivity index (χ3v) is 3.64. The van der Waals surface area contributed by atoms with E-state index in [-0.39, 0.29) is 5.56 Å². The minimum atomic E-state index is -0.147. The first-order valence-electron chi connectivity index (χ1n) is 6.53. The van der Waals surface area contributed by atoms with Gasteiger partial charge in [-0.05, 0) is 39.9 Å². The van der Waals surface area contributed by atoms with E-state index in [1.807, 2.05) is 6.92 Å². The van der Waals surface area contributed by atoms with Crippen LogP contribution in [0.1, 0.15) is 18.7 Å². The van der Waals surface area contributed by atoms with Gasteiger partial charge in [0.15, 0.2) is 5.65 Å². The molecule has 1 fully saturated rings. The molecule has 1 aliphatic heterocycles. The number of aryl methyl sites for hydroxylation is 1. The SMILES string of the molecule is Cc1nnc2c(NC3CCN(C)CC3)cc(=O)[nH]n12. The van der Waals surface area contributed by atoms with Crippen molar-refractivity contribution in [1.82, 2.24) is 24.7 Å². The summed E-state index contributed by atoms with van der Waals surface area (Å²) in [5.74, 6) is 0.680. The number of fused-ring (bicyclic) bond motifs is 1. The van der Waals surface area contributed by atoms with Crippen LogP contribution in [0, 0.1) is 6.92 Å². The minimum absolute atomic E-state index is 0.147. The van der Waals surface area contributed by atoms with E-state index in [1.54, 1.807) is 10.6 Å². The van der Waals surface area contributed by atoms with Gasteiger partial charge < -0.3 is 10.2 Å². The van der Waals surface area contributed by atoms with Crippen LogP contribution < -0.4 is 10.9 Å². The molecular formula is C12H18N6O. The van der Waals surface area contributed by atoms with Gasteiger partial charge in [-0.2, -0.15) is 0 Å². The van der Waals surface area contributed by atoms with Crippen LogP contribution in [0.4, 0.5) is 5.69 Å². The zero-order valence-electron chi connectivity index (χ0n) is 11.2. The lowest BCUT2D eigenvalue weighted by atomic mass is 10.1. The fourth-order valence-electron chi connectivity index (χ4n) is 2.49. The lowest BCUT2D eigenvalue weighted by molar-refractivity contribution is 0.264. The number of anilines is 1. The van der Waals surface area contributed by atoms with Crippen LogP contribution in [0.25, 0.3) is 5.65 Å². The number of nitrogens with zero attached hydrogens (tertiary/aromatic N) is 4. The van der Waals surface area contributed by atoms with Gasteiger partial charge in [-0.25, -0.2) is 4.52 Å². The highest BCUT2D eigenvalue weighted by Gasteiger charge is 2.18. The highest BCUT2D eigenvalue weighted by Crippen LogP contribution is 2.18. The summed E-state index contributed by atoms with van der Waals surface area (Å²) in [4.78, 5) is 14.0. The molecule has 19 heavy (non-hydrogen) atoms. The van der Waals surface area contributed by atoms with Crippen molar-refractivity contribution in [2.45, 2.75) is 25.8 Å². The molecule has 2 aromatic heterocycles. The quantitative estimate of drug-likeness (QED) is 0.810. The summed E-state index contributed by atoms with van der Waals surface area (Å²) in [7, 11) is 2.13. The molecule has 3 heterocycles. The molecule has 0 amide bonds. The third kappa shape index (κ3) is 2.33. The van der Waals surface area contributed by atoms with Crippen molar-refractivity contribution < 1.29 is 0 Å². The largest absolute Gasteiger partial charge is 0.379 e. The summed E-state index contributed by atoms with van der Waals surface area (Å²) >= 11 is 0. The van der Waals surface area contributed by atoms with E-state index in [9.17, 15) is 4.79 Å². The third-order valence-electron chi connectivity index (χ3n) is 3.64. The Labute approximate surface area is 110 Å². The first kappa shape index (κ1) is 12.2. The molecule has 1 saturated heterocycles. The van der Waals surface area contributed by atoms with Crippen LogP contribution in [0.5, 0.6) is 0 Å². The average molecular weight is 262 g/mol. The predicted octanol–water partition coefficient (Wildman–Crippen LogP) is 0.232. The maximum absolute atomic E-state index is 11.7. The van der Waals surface area contributed by atoms with E-state index < -0.39 is 0 Å². The number of rotatable bonds is 2. The molecule has 0 unspecified atom stereocenters. The van der Waals surface area contributed by atoms with Crippen LogP contribution in [0.15, 0.2) is 10.9 Å². The lowest BCUT2D eigenvalue weighted by Crippen LogP contribution is -2.37. The van der Waals surface area contributed by atoms with Gasteiger partial charge in [-0.1, -0.05) is 0 Å².